The first kappa shape index (κ1) is 21.2. The molecule has 0 radical (unpaired) electrons. The van der Waals surface area contributed by atoms with Gasteiger partial charge in [0.1, 0.15) is 11.7 Å². The van der Waals surface area contributed by atoms with Crippen LogP contribution in [-0.4, -0.2) is 21.9 Å². The fraction of sp³-hybridized carbons (Fsp3) is 0.375. The number of nitriles is 1. The molecule has 0 saturated heterocycles. The van der Waals surface area contributed by atoms with Crippen molar-refractivity contribution in [3.05, 3.63) is 64.6 Å². The number of amides is 1. The van der Waals surface area contributed by atoms with Crippen LogP contribution in [0.5, 0.6) is 5.75 Å². The van der Waals surface area contributed by atoms with Crippen LogP contribution in [-0.2, 0) is 0 Å². The molecule has 1 amide bonds. The van der Waals surface area contributed by atoms with Gasteiger partial charge in [-0.25, -0.2) is 4.98 Å². The molecule has 1 aliphatic carbocycles. The molecule has 160 valence electrons. The quantitative estimate of drug-likeness (QED) is 0.572. The second-order valence-corrected chi connectivity index (χ2v) is 8.45. The summed E-state index contributed by atoms with van der Waals surface area (Å²) in [5, 5.41) is 12.9. The minimum atomic E-state index is -0.791. The predicted octanol–water partition coefficient (Wildman–Crippen LogP) is 5.25. The number of halogens is 1. The average molecular weight is 437 g/mol. The molecule has 31 heavy (non-hydrogen) atoms. The van der Waals surface area contributed by atoms with Gasteiger partial charge in [-0.15, -0.1) is 0 Å². The van der Waals surface area contributed by atoms with E-state index in [0.29, 0.717) is 45.9 Å². The number of benzene rings is 1. The van der Waals surface area contributed by atoms with E-state index in [1.165, 1.54) is 32.1 Å². The Morgan fingerprint density at radius 3 is 2.74 bits per heavy atom. The molecule has 6 nitrogen and oxygen atoms in total. The fourth-order valence-corrected chi connectivity index (χ4v) is 4.27. The average Bonchev–Trinajstić information content (AvgIpc) is 3.13. The van der Waals surface area contributed by atoms with Crippen molar-refractivity contribution in [1.82, 2.24) is 14.7 Å². The topological polar surface area (TPSA) is 79.4 Å². The lowest BCUT2D eigenvalue weighted by atomic mass is 9.90. The molecule has 2 heterocycles. The van der Waals surface area contributed by atoms with Gasteiger partial charge in [0, 0.05) is 11.2 Å². The summed E-state index contributed by atoms with van der Waals surface area (Å²) in [5.41, 5.74) is 2.26. The van der Waals surface area contributed by atoms with Crippen molar-refractivity contribution >= 4 is 23.2 Å². The van der Waals surface area contributed by atoms with Crippen LogP contribution in [0.4, 0.5) is 0 Å². The number of ether oxygens (including phenoxy) is 1. The molecule has 1 atom stereocenters. The highest BCUT2D eigenvalue weighted by atomic mass is 35.5. The predicted molar refractivity (Wildman–Crippen MR) is 119 cm³/mol. The molecule has 0 bridgehead atoms. The van der Waals surface area contributed by atoms with E-state index in [2.05, 4.69) is 16.4 Å². The summed E-state index contributed by atoms with van der Waals surface area (Å²) in [6.07, 6.45) is 8.03. The van der Waals surface area contributed by atoms with E-state index in [0.717, 1.165) is 0 Å². The molecular weight excluding hydrogens is 412 g/mol. The van der Waals surface area contributed by atoms with Crippen LogP contribution < -0.4 is 10.1 Å². The van der Waals surface area contributed by atoms with E-state index < -0.39 is 6.04 Å². The number of imidazole rings is 1. The van der Waals surface area contributed by atoms with Gasteiger partial charge in [-0.3, -0.25) is 9.20 Å². The Labute approximate surface area is 186 Å². The van der Waals surface area contributed by atoms with Gasteiger partial charge in [-0.05, 0) is 55.5 Å². The highest BCUT2D eigenvalue weighted by molar-refractivity contribution is 6.30. The highest BCUT2D eigenvalue weighted by Crippen LogP contribution is 2.27. The third-order valence-corrected chi connectivity index (χ3v) is 6.06. The minimum absolute atomic E-state index is 0.365. The van der Waals surface area contributed by atoms with Crippen LogP contribution in [0.1, 0.15) is 59.9 Å². The van der Waals surface area contributed by atoms with Crippen LogP contribution in [0.15, 0.2) is 42.6 Å². The summed E-state index contributed by atoms with van der Waals surface area (Å²) in [6, 6.07) is 11.9. The van der Waals surface area contributed by atoms with Crippen molar-refractivity contribution in [2.24, 2.45) is 5.92 Å². The molecule has 0 spiro atoms. The molecule has 1 fully saturated rings. The van der Waals surface area contributed by atoms with Gasteiger partial charge in [0.2, 0.25) is 0 Å². The number of aromatic nitrogens is 2. The van der Waals surface area contributed by atoms with Crippen molar-refractivity contribution in [3.8, 4) is 11.8 Å². The van der Waals surface area contributed by atoms with Crippen molar-refractivity contribution in [3.63, 3.8) is 0 Å². The first-order valence-electron chi connectivity index (χ1n) is 10.6. The molecule has 0 aliphatic heterocycles. The first-order chi connectivity index (χ1) is 15.1. The van der Waals surface area contributed by atoms with Gasteiger partial charge in [0.25, 0.3) is 5.91 Å². The standard InChI is InChI=1S/C24H25ClN4O2/c1-16-22(24(30)28-20(14-26)18-9-11-19(25)12-10-18)29-13-5-8-21(23(29)27-16)31-15-17-6-3-2-4-7-17/h5,8-13,17,20H,2-4,6-7,15H2,1H3,(H,28,30). The SMILES string of the molecule is Cc1nc2c(OCC3CCCCC3)cccn2c1C(=O)NC(C#N)c1ccc(Cl)cc1. The molecule has 1 unspecified atom stereocenters. The van der Waals surface area contributed by atoms with Crippen LogP contribution >= 0.6 is 11.6 Å². The fourth-order valence-electron chi connectivity index (χ4n) is 4.15. The Kier molecular flexibility index (Phi) is 6.43. The number of fused-ring (bicyclic) bond motifs is 1. The molecule has 4 rings (SSSR count). The number of hydrogen-bond acceptors (Lipinski definition) is 4. The van der Waals surface area contributed by atoms with Crippen molar-refractivity contribution in [2.75, 3.05) is 6.61 Å². The van der Waals surface area contributed by atoms with E-state index in [-0.39, 0.29) is 5.91 Å². The third-order valence-electron chi connectivity index (χ3n) is 5.81. The zero-order valence-electron chi connectivity index (χ0n) is 17.5. The summed E-state index contributed by atoms with van der Waals surface area (Å²) in [7, 11) is 0. The van der Waals surface area contributed by atoms with E-state index in [1.54, 1.807) is 41.8 Å². The number of pyridine rings is 1. The van der Waals surface area contributed by atoms with Crippen LogP contribution in [0.2, 0.25) is 5.02 Å². The zero-order valence-corrected chi connectivity index (χ0v) is 18.2. The zero-order chi connectivity index (χ0) is 21.8. The van der Waals surface area contributed by atoms with Crippen LogP contribution in [0.25, 0.3) is 5.65 Å². The maximum atomic E-state index is 13.1. The number of aryl methyl sites for hydroxylation is 1. The Morgan fingerprint density at radius 2 is 2.03 bits per heavy atom. The number of rotatable bonds is 6. The summed E-state index contributed by atoms with van der Waals surface area (Å²) in [5.74, 6) is 0.879. The lowest BCUT2D eigenvalue weighted by molar-refractivity contribution is 0.0938. The van der Waals surface area contributed by atoms with Gasteiger partial charge in [-0.1, -0.05) is 43.0 Å². The maximum Gasteiger partial charge on any atom is 0.271 e. The van der Waals surface area contributed by atoms with Gasteiger partial charge in [0.15, 0.2) is 11.4 Å². The molecule has 3 aromatic rings. The van der Waals surface area contributed by atoms with E-state index >= 15 is 0 Å². The number of carbonyl (C=O) groups is 1. The summed E-state index contributed by atoms with van der Waals surface area (Å²) >= 11 is 5.93. The lowest BCUT2D eigenvalue weighted by Gasteiger charge is -2.21. The Hall–Kier alpha value is -3.04. The van der Waals surface area contributed by atoms with Crippen molar-refractivity contribution in [2.45, 2.75) is 45.1 Å². The summed E-state index contributed by atoms with van der Waals surface area (Å²) < 4.78 is 7.84. The lowest BCUT2D eigenvalue weighted by Crippen LogP contribution is -2.29. The molecule has 1 aromatic carbocycles. The number of nitrogens with zero attached hydrogens (tertiary/aromatic N) is 3. The third kappa shape index (κ3) is 4.67. The molecule has 1 saturated carbocycles. The minimum Gasteiger partial charge on any atom is -0.489 e. The van der Waals surface area contributed by atoms with Gasteiger partial charge >= 0.3 is 0 Å². The highest BCUT2D eigenvalue weighted by Gasteiger charge is 2.23. The Balaban J connectivity index is 1.55. The monoisotopic (exact) mass is 436 g/mol. The molecular formula is C24H25ClN4O2. The number of hydrogen-bond donors (Lipinski definition) is 1. The number of nitrogens with one attached hydrogen (secondary N) is 1. The van der Waals surface area contributed by atoms with Crippen molar-refractivity contribution in [1.29, 1.82) is 5.26 Å². The second-order valence-electron chi connectivity index (χ2n) is 8.01. The molecule has 1 aliphatic rings. The van der Waals surface area contributed by atoms with Crippen molar-refractivity contribution < 1.29 is 9.53 Å². The largest absolute Gasteiger partial charge is 0.489 e. The van der Waals surface area contributed by atoms with E-state index in [1.807, 2.05) is 12.1 Å². The smallest absolute Gasteiger partial charge is 0.271 e. The Bertz CT molecular complexity index is 1110. The molecule has 2 aromatic heterocycles. The second kappa shape index (κ2) is 9.40. The van der Waals surface area contributed by atoms with Gasteiger partial charge < -0.3 is 10.1 Å². The van der Waals surface area contributed by atoms with Crippen LogP contribution in [0.3, 0.4) is 0 Å². The normalized spacial score (nSPS) is 15.4. The maximum absolute atomic E-state index is 13.1. The molecule has 7 heteroatoms. The van der Waals surface area contributed by atoms with E-state index in [9.17, 15) is 10.1 Å². The first-order valence-corrected chi connectivity index (χ1v) is 11.0. The number of carbonyl (C=O) groups excluding carboxylic acids is 1. The van der Waals surface area contributed by atoms with Gasteiger partial charge in [-0.2, -0.15) is 5.26 Å². The molecule has 1 N–H and O–H groups in total. The van der Waals surface area contributed by atoms with Crippen LogP contribution in [0, 0.1) is 24.2 Å². The Morgan fingerprint density at radius 1 is 1.29 bits per heavy atom. The van der Waals surface area contributed by atoms with Gasteiger partial charge in [0.05, 0.1) is 18.4 Å². The summed E-state index contributed by atoms with van der Waals surface area (Å²) in [6.45, 7) is 2.46. The van der Waals surface area contributed by atoms with E-state index in [4.69, 9.17) is 16.3 Å². The summed E-state index contributed by atoms with van der Waals surface area (Å²) in [4.78, 5) is 17.7.